The predicted octanol–water partition coefficient (Wildman–Crippen LogP) is 1.06. The van der Waals surface area contributed by atoms with Crippen molar-refractivity contribution in [2.45, 2.75) is 0 Å². The Labute approximate surface area is 86.1 Å². The zero-order chi connectivity index (χ0) is 8.55. The largest absolute Gasteiger partial charge is 0.145 e. The van der Waals surface area contributed by atoms with E-state index in [-0.39, 0.29) is 0 Å². The molecule has 0 saturated heterocycles. The van der Waals surface area contributed by atoms with E-state index in [0.717, 1.165) is 0 Å². The average Bonchev–Trinajstić information content (AvgIpc) is 2.58. The molecule has 2 heterocycles. The topological polar surface area (TPSA) is 0 Å². The molecule has 0 aliphatic rings. The van der Waals surface area contributed by atoms with Crippen LogP contribution < -0.4 is 9.00 Å². The van der Waals surface area contributed by atoms with Crippen LogP contribution in [-0.4, -0.2) is 20.5 Å². The first-order valence-corrected chi connectivity index (χ1v) is 6.02. The van der Waals surface area contributed by atoms with Gasteiger partial charge in [0.15, 0.2) is 0 Å². The number of rotatable bonds is 1. The van der Waals surface area contributed by atoms with E-state index in [0.29, 0.717) is 0 Å². The second kappa shape index (κ2) is 3.29. The minimum atomic E-state index is 1.17. The summed E-state index contributed by atoms with van der Waals surface area (Å²) in [5.41, 5.74) is 0. The van der Waals surface area contributed by atoms with Gasteiger partial charge in [-0.15, -0.1) is 22.7 Å². The van der Waals surface area contributed by atoms with Crippen molar-refractivity contribution in [3.05, 3.63) is 24.3 Å². The van der Waals surface area contributed by atoms with E-state index in [2.05, 4.69) is 44.8 Å². The molecule has 0 unspecified atom stereocenters. The minimum Gasteiger partial charge on any atom is -0.145 e. The summed E-state index contributed by atoms with van der Waals surface area (Å²) in [7, 11) is 6.99. The van der Waals surface area contributed by atoms with E-state index in [9.17, 15) is 0 Å². The maximum absolute atomic E-state index is 3.50. The lowest BCUT2D eigenvalue weighted by Crippen LogP contribution is -1.89. The fraction of sp³-hybridized carbons (Fsp3) is 0. The van der Waals surface area contributed by atoms with Gasteiger partial charge in [-0.05, 0) is 21.1 Å². The van der Waals surface area contributed by atoms with Gasteiger partial charge >= 0.3 is 0 Å². The summed E-state index contributed by atoms with van der Waals surface area (Å²) >= 11 is 3.51. The van der Waals surface area contributed by atoms with Gasteiger partial charge in [-0.3, -0.25) is 0 Å². The highest BCUT2D eigenvalue weighted by molar-refractivity contribution is 7.28. The van der Waals surface area contributed by atoms with E-state index in [1.165, 1.54) is 18.8 Å². The molecule has 2 aromatic heterocycles. The van der Waals surface area contributed by atoms with Crippen LogP contribution in [0.15, 0.2) is 24.3 Å². The maximum Gasteiger partial charge on any atom is 0.0864 e. The molecule has 0 amide bonds. The predicted molar refractivity (Wildman–Crippen MR) is 58.4 cm³/mol. The highest BCUT2D eigenvalue weighted by atomic mass is 32.1. The van der Waals surface area contributed by atoms with Crippen LogP contribution in [0.25, 0.3) is 9.75 Å². The fourth-order valence-corrected chi connectivity index (χ4v) is 3.37. The van der Waals surface area contributed by atoms with Gasteiger partial charge < -0.3 is 0 Å². The zero-order valence-electron chi connectivity index (χ0n) is 6.13. The van der Waals surface area contributed by atoms with Gasteiger partial charge in [-0.1, -0.05) is 12.1 Å². The third-order valence-corrected chi connectivity index (χ3v) is 4.39. The lowest BCUT2D eigenvalue weighted by Gasteiger charge is -1.87. The van der Waals surface area contributed by atoms with Crippen molar-refractivity contribution in [2.24, 2.45) is 0 Å². The van der Waals surface area contributed by atoms with Crippen LogP contribution in [0.1, 0.15) is 0 Å². The lowest BCUT2D eigenvalue weighted by atomic mass is 10.4. The third kappa shape index (κ3) is 1.61. The lowest BCUT2D eigenvalue weighted by molar-refractivity contribution is 1.95. The van der Waals surface area contributed by atoms with Crippen LogP contribution in [0.5, 0.6) is 0 Å². The normalized spacial score (nSPS) is 10.5. The number of hydrogen-bond acceptors (Lipinski definition) is 2. The molecule has 0 spiro atoms. The van der Waals surface area contributed by atoms with Crippen LogP contribution in [0.2, 0.25) is 0 Å². The molecule has 0 aliphatic heterocycles. The van der Waals surface area contributed by atoms with Gasteiger partial charge in [0.25, 0.3) is 0 Å². The molecule has 0 nitrogen and oxygen atoms in total. The molecule has 0 aliphatic carbocycles. The van der Waals surface area contributed by atoms with Gasteiger partial charge in [-0.2, -0.15) is 0 Å². The van der Waals surface area contributed by atoms with Gasteiger partial charge in [0.2, 0.25) is 0 Å². The molecular weight excluding hydrogens is 216 g/mol. The van der Waals surface area contributed by atoms with E-state index >= 15 is 0 Å². The van der Waals surface area contributed by atoms with Gasteiger partial charge in [0.1, 0.15) is 0 Å². The van der Waals surface area contributed by atoms with Crippen LogP contribution in [0, 0.1) is 0 Å². The first-order valence-electron chi connectivity index (χ1n) is 3.39. The van der Waals surface area contributed by atoms with Crippen LogP contribution in [0.3, 0.4) is 0 Å². The monoisotopic (exact) mass is 220 g/mol. The first-order chi connectivity index (χ1) is 5.75. The smallest absolute Gasteiger partial charge is 0.0864 e. The summed E-state index contributed by atoms with van der Waals surface area (Å²) in [6, 6.07) is 8.41. The van der Waals surface area contributed by atoms with Crippen LogP contribution in [0.4, 0.5) is 0 Å². The molecule has 0 bridgehead atoms. The summed E-state index contributed by atoms with van der Waals surface area (Å²) in [6.07, 6.45) is 0. The van der Waals surface area contributed by atoms with Gasteiger partial charge in [-0.25, -0.2) is 0 Å². The Balaban J connectivity index is 2.43. The molecule has 6 radical (unpaired) electrons. The third-order valence-electron chi connectivity index (χ3n) is 1.45. The zero-order valence-corrected chi connectivity index (χ0v) is 9.76. The van der Waals surface area contributed by atoms with Crippen molar-refractivity contribution in [3.63, 3.8) is 0 Å². The van der Waals surface area contributed by atoms with E-state index < -0.39 is 0 Å². The molecule has 12 heavy (non-hydrogen) atoms. The van der Waals surface area contributed by atoms with E-state index in [1.54, 1.807) is 22.7 Å². The van der Waals surface area contributed by atoms with Crippen molar-refractivity contribution in [3.8, 4) is 9.75 Å². The molecule has 2 rings (SSSR count). The van der Waals surface area contributed by atoms with E-state index in [4.69, 9.17) is 0 Å². The molecule has 4 heteroatoms. The molecule has 0 fully saturated rings. The van der Waals surface area contributed by atoms with E-state index in [1.807, 2.05) is 0 Å². The SMILES string of the molecule is [Si]c1ccc(-c2ccc([Si])s2)s1. The molecule has 0 atom stereocenters. The van der Waals surface area contributed by atoms with Crippen molar-refractivity contribution in [1.29, 1.82) is 0 Å². The highest BCUT2D eigenvalue weighted by Gasteiger charge is 2.01. The number of thiophene rings is 2. The minimum absolute atomic E-state index is 1.17. The molecule has 2 aromatic rings. The average molecular weight is 220 g/mol. The molecule has 0 aromatic carbocycles. The first kappa shape index (κ1) is 8.43. The summed E-state index contributed by atoms with van der Waals surface area (Å²) in [5.74, 6) is 0. The Morgan fingerprint density at radius 1 is 0.750 bits per heavy atom. The highest BCUT2D eigenvalue weighted by Crippen LogP contribution is 2.25. The van der Waals surface area contributed by atoms with Crippen LogP contribution in [-0.2, 0) is 0 Å². The van der Waals surface area contributed by atoms with Crippen LogP contribution >= 0.6 is 22.7 Å². The van der Waals surface area contributed by atoms with Gasteiger partial charge in [0, 0.05) is 9.75 Å². The Morgan fingerprint density at radius 3 is 1.42 bits per heavy atom. The Bertz CT molecular complexity index is 351. The van der Waals surface area contributed by atoms with Crippen molar-refractivity contribution in [2.75, 3.05) is 0 Å². The summed E-state index contributed by atoms with van der Waals surface area (Å²) < 4.78 is 2.35. The number of hydrogen-bond donors (Lipinski definition) is 0. The Kier molecular flexibility index (Phi) is 2.31. The fourth-order valence-electron chi connectivity index (χ4n) is 0.941. The molecular formula is C8H4S2Si2. The summed E-state index contributed by atoms with van der Waals surface area (Å²) in [6.45, 7) is 0. The molecule has 0 saturated carbocycles. The van der Waals surface area contributed by atoms with Gasteiger partial charge in [0.05, 0.1) is 20.5 Å². The maximum atomic E-state index is 3.50. The second-order valence-electron chi connectivity index (χ2n) is 2.33. The summed E-state index contributed by atoms with van der Waals surface area (Å²) in [5, 5.41) is 0. The van der Waals surface area contributed by atoms with Crippen molar-refractivity contribution >= 4 is 52.2 Å². The second-order valence-corrected chi connectivity index (χ2v) is 6.30. The Morgan fingerprint density at radius 2 is 1.17 bits per heavy atom. The molecule has 0 N–H and O–H groups in total. The van der Waals surface area contributed by atoms with Crippen molar-refractivity contribution < 1.29 is 0 Å². The Hall–Kier alpha value is -0.166. The van der Waals surface area contributed by atoms with Crippen molar-refractivity contribution in [1.82, 2.24) is 0 Å². The quantitative estimate of drug-likeness (QED) is 0.631. The summed E-state index contributed by atoms with van der Waals surface area (Å²) in [4.78, 5) is 2.63. The molecule has 56 valence electrons. The standard InChI is InChI=1S/C8H4S2Si2/c11-7-3-1-5(9-7)6-2-4-8(12)10-6/h1-4H.